The number of carbonyl (C=O) groups is 1. The molecule has 0 amide bonds. The average molecular weight is 127 g/mol. The molecule has 1 atom stereocenters. The highest BCUT2D eigenvalue weighted by Crippen LogP contribution is 2.21. The molecule has 1 aliphatic carbocycles. The first kappa shape index (κ1) is 6.13. The Kier molecular flexibility index (Phi) is 1.20. The third kappa shape index (κ3) is 0.781. The van der Waals surface area contributed by atoms with Gasteiger partial charge in [0.15, 0.2) is 5.76 Å². The molecule has 1 rings (SSSR count). The van der Waals surface area contributed by atoms with Crippen molar-refractivity contribution in [2.24, 2.45) is 11.7 Å². The van der Waals surface area contributed by atoms with E-state index >= 15 is 0 Å². The molecule has 9 heavy (non-hydrogen) atoms. The fraction of sp³-hybridized carbons (Fsp3) is 0.500. The lowest BCUT2D eigenvalue weighted by molar-refractivity contribution is -0.120. The van der Waals surface area contributed by atoms with E-state index in [1.807, 2.05) is 0 Å². The third-order valence-corrected chi connectivity index (χ3v) is 1.51. The number of aliphatic hydroxyl groups is 1. The molecule has 1 unspecified atom stereocenters. The first-order valence-electron chi connectivity index (χ1n) is 2.84. The predicted molar refractivity (Wildman–Crippen MR) is 32.6 cm³/mol. The molecule has 0 fully saturated rings. The SMILES string of the molecule is CC1CC(N)=C(O)C1=O. The fourth-order valence-electron chi connectivity index (χ4n) is 0.911. The van der Waals surface area contributed by atoms with Gasteiger partial charge in [0.25, 0.3) is 0 Å². The summed E-state index contributed by atoms with van der Waals surface area (Å²) in [4.78, 5) is 10.7. The van der Waals surface area contributed by atoms with Crippen LogP contribution in [-0.2, 0) is 4.79 Å². The minimum Gasteiger partial charge on any atom is -0.503 e. The Morgan fingerprint density at radius 1 is 1.78 bits per heavy atom. The van der Waals surface area contributed by atoms with Gasteiger partial charge in [0.2, 0.25) is 5.78 Å². The largest absolute Gasteiger partial charge is 0.503 e. The van der Waals surface area contributed by atoms with Crippen LogP contribution in [0.4, 0.5) is 0 Å². The van der Waals surface area contributed by atoms with Crippen molar-refractivity contribution in [2.75, 3.05) is 0 Å². The summed E-state index contributed by atoms with van der Waals surface area (Å²) in [6, 6.07) is 0. The van der Waals surface area contributed by atoms with Gasteiger partial charge in [-0.1, -0.05) is 6.92 Å². The third-order valence-electron chi connectivity index (χ3n) is 1.51. The Hall–Kier alpha value is -0.990. The van der Waals surface area contributed by atoms with Gasteiger partial charge in [0, 0.05) is 12.3 Å². The molecule has 0 aliphatic heterocycles. The van der Waals surface area contributed by atoms with Crippen LogP contribution in [0.2, 0.25) is 0 Å². The Balaban J connectivity index is 2.87. The van der Waals surface area contributed by atoms with E-state index in [1.165, 1.54) is 0 Å². The minimum atomic E-state index is -0.234. The molecular formula is C6H9NO2. The first-order chi connectivity index (χ1) is 4.13. The van der Waals surface area contributed by atoms with Crippen molar-refractivity contribution in [3.63, 3.8) is 0 Å². The second-order valence-corrected chi connectivity index (χ2v) is 2.34. The molecule has 0 heterocycles. The van der Waals surface area contributed by atoms with Crippen molar-refractivity contribution in [3.8, 4) is 0 Å². The Bertz CT molecular complexity index is 183. The molecule has 3 heteroatoms. The van der Waals surface area contributed by atoms with E-state index in [-0.39, 0.29) is 17.5 Å². The number of hydrogen-bond donors (Lipinski definition) is 2. The number of hydrogen-bond acceptors (Lipinski definition) is 3. The molecule has 0 bridgehead atoms. The highest BCUT2D eigenvalue weighted by Gasteiger charge is 2.27. The summed E-state index contributed by atoms with van der Waals surface area (Å²) >= 11 is 0. The number of rotatable bonds is 0. The molecule has 0 aromatic rings. The van der Waals surface area contributed by atoms with Crippen LogP contribution < -0.4 is 5.73 Å². The lowest BCUT2D eigenvalue weighted by atomic mass is 10.1. The number of nitrogens with two attached hydrogens (primary N) is 1. The maximum Gasteiger partial charge on any atom is 0.202 e. The molecule has 3 N–H and O–H groups in total. The molecule has 0 aromatic heterocycles. The summed E-state index contributed by atoms with van der Waals surface area (Å²) in [7, 11) is 0. The van der Waals surface area contributed by atoms with Crippen LogP contribution in [0, 0.1) is 5.92 Å². The quantitative estimate of drug-likeness (QED) is 0.492. The minimum absolute atomic E-state index is 0.120. The molecule has 0 spiro atoms. The number of aliphatic hydroxyl groups excluding tert-OH is 1. The zero-order chi connectivity index (χ0) is 7.02. The van der Waals surface area contributed by atoms with Gasteiger partial charge in [0.1, 0.15) is 0 Å². The van der Waals surface area contributed by atoms with Gasteiger partial charge in [-0.25, -0.2) is 0 Å². The van der Waals surface area contributed by atoms with Gasteiger partial charge in [-0.3, -0.25) is 4.79 Å². The molecule has 1 aliphatic rings. The highest BCUT2D eigenvalue weighted by molar-refractivity contribution is 5.97. The maximum absolute atomic E-state index is 10.7. The number of ketones is 1. The normalized spacial score (nSPS) is 27.7. The number of allylic oxidation sites excluding steroid dienone is 2. The van der Waals surface area contributed by atoms with Gasteiger partial charge in [-0.15, -0.1) is 0 Å². The van der Waals surface area contributed by atoms with Crippen molar-refractivity contribution in [1.82, 2.24) is 0 Å². The molecule has 50 valence electrons. The molecular weight excluding hydrogens is 118 g/mol. The average Bonchev–Trinajstić information content (AvgIpc) is 1.98. The maximum atomic E-state index is 10.7. The molecule has 0 aromatic carbocycles. The highest BCUT2D eigenvalue weighted by atomic mass is 16.3. The van der Waals surface area contributed by atoms with Gasteiger partial charge in [-0.05, 0) is 0 Å². The Morgan fingerprint density at radius 2 is 2.33 bits per heavy atom. The van der Waals surface area contributed by atoms with Crippen molar-refractivity contribution in [2.45, 2.75) is 13.3 Å². The number of Topliss-reactive ketones (excluding diaryl/α,β-unsaturated/α-hetero) is 1. The van der Waals surface area contributed by atoms with Gasteiger partial charge in [-0.2, -0.15) is 0 Å². The Labute approximate surface area is 53.2 Å². The smallest absolute Gasteiger partial charge is 0.202 e. The van der Waals surface area contributed by atoms with Crippen LogP contribution >= 0.6 is 0 Å². The van der Waals surface area contributed by atoms with E-state index in [9.17, 15) is 4.79 Å². The van der Waals surface area contributed by atoms with Crippen LogP contribution in [0.25, 0.3) is 0 Å². The van der Waals surface area contributed by atoms with E-state index in [0.29, 0.717) is 12.1 Å². The van der Waals surface area contributed by atoms with E-state index in [4.69, 9.17) is 10.8 Å². The van der Waals surface area contributed by atoms with Crippen LogP contribution in [0.15, 0.2) is 11.5 Å². The summed E-state index contributed by atoms with van der Waals surface area (Å²) in [5, 5.41) is 8.84. The van der Waals surface area contributed by atoms with E-state index in [1.54, 1.807) is 6.92 Å². The fourth-order valence-corrected chi connectivity index (χ4v) is 0.911. The summed E-state index contributed by atoms with van der Waals surface area (Å²) in [5.41, 5.74) is 5.59. The van der Waals surface area contributed by atoms with Crippen molar-refractivity contribution < 1.29 is 9.90 Å². The van der Waals surface area contributed by atoms with Crippen LogP contribution in [0.3, 0.4) is 0 Å². The van der Waals surface area contributed by atoms with Crippen molar-refractivity contribution in [1.29, 1.82) is 0 Å². The summed E-state index contributed by atoms with van der Waals surface area (Å²) < 4.78 is 0. The lowest BCUT2D eigenvalue weighted by Crippen LogP contribution is -2.04. The molecule has 0 radical (unpaired) electrons. The second-order valence-electron chi connectivity index (χ2n) is 2.34. The van der Waals surface area contributed by atoms with Crippen LogP contribution in [0.1, 0.15) is 13.3 Å². The molecule has 0 saturated heterocycles. The van der Waals surface area contributed by atoms with Gasteiger partial charge in [0.05, 0.1) is 5.70 Å². The Morgan fingerprint density at radius 3 is 2.44 bits per heavy atom. The van der Waals surface area contributed by atoms with E-state index in [0.717, 1.165) is 0 Å². The zero-order valence-electron chi connectivity index (χ0n) is 5.22. The van der Waals surface area contributed by atoms with E-state index < -0.39 is 0 Å². The monoisotopic (exact) mass is 127 g/mol. The topological polar surface area (TPSA) is 63.3 Å². The predicted octanol–water partition coefficient (Wildman–Crippen LogP) is 0.324. The van der Waals surface area contributed by atoms with Gasteiger partial charge >= 0.3 is 0 Å². The van der Waals surface area contributed by atoms with Crippen LogP contribution in [-0.4, -0.2) is 10.9 Å². The summed E-state index contributed by atoms with van der Waals surface area (Å²) in [6.07, 6.45) is 0.505. The van der Waals surface area contributed by atoms with Crippen molar-refractivity contribution in [3.05, 3.63) is 11.5 Å². The van der Waals surface area contributed by atoms with E-state index in [2.05, 4.69) is 0 Å². The molecule has 0 saturated carbocycles. The summed E-state index contributed by atoms with van der Waals surface area (Å²) in [6.45, 7) is 1.75. The summed E-state index contributed by atoms with van der Waals surface area (Å²) in [5.74, 6) is -0.583. The second kappa shape index (κ2) is 1.76. The van der Waals surface area contributed by atoms with Crippen molar-refractivity contribution >= 4 is 5.78 Å². The zero-order valence-corrected chi connectivity index (χ0v) is 5.22. The molecule has 3 nitrogen and oxygen atoms in total. The standard InChI is InChI=1S/C6H9NO2/c1-3-2-4(7)6(9)5(3)8/h3,9H,2,7H2,1H3. The number of carbonyl (C=O) groups excluding carboxylic acids is 1. The van der Waals surface area contributed by atoms with Crippen LogP contribution in [0.5, 0.6) is 0 Å². The first-order valence-corrected chi connectivity index (χ1v) is 2.84. The lowest BCUT2D eigenvalue weighted by Gasteiger charge is -1.93. The van der Waals surface area contributed by atoms with Gasteiger partial charge < -0.3 is 10.8 Å².